The first-order valence-corrected chi connectivity index (χ1v) is 5.37. The molecule has 0 aliphatic carbocycles. The van der Waals surface area contributed by atoms with E-state index in [9.17, 15) is 14.4 Å². The smallest absolute Gasteiger partial charge is 0.178 e. The molecular weight excluding hydrogens is 208 g/mol. The quantitative estimate of drug-likeness (QED) is 0.524. The van der Waals surface area contributed by atoms with E-state index in [0.29, 0.717) is 0 Å². The Labute approximate surface area is 93.7 Å². The van der Waals surface area contributed by atoms with Crippen LogP contribution in [0.4, 0.5) is 0 Å². The first kappa shape index (κ1) is 11.2. The minimum absolute atomic E-state index is 0.00590. The van der Waals surface area contributed by atoms with Crippen LogP contribution in [-0.2, 0) is 19.1 Å². The van der Waals surface area contributed by atoms with E-state index < -0.39 is 17.6 Å². The van der Waals surface area contributed by atoms with Crippen LogP contribution in [-0.4, -0.2) is 29.6 Å². The number of ketones is 3. The van der Waals surface area contributed by atoms with E-state index in [-0.39, 0.29) is 30.2 Å². The van der Waals surface area contributed by atoms with Crippen LogP contribution in [0, 0.1) is 5.41 Å². The van der Waals surface area contributed by atoms with E-state index in [0.717, 1.165) is 0 Å². The van der Waals surface area contributed by atoms with E-state index in [1.165, 1.54) is 6.92 Å². The van der Waals surface area contributed by atoms with E-state index in [4.69, 9.17) is 4.74 Å². The zero-order valence-corrected chi connectivity index (χ0v) is 9.36. The zero-order chi connectivity index (χ0) is 11.9. The molecule has 86 valence electrons. The highest BCUT2D eigenvalue weighted by molar-refractivity contribution is 6.14. The first-order chi connectivity index (χ1) is 7.45. The molecule has 2 aliphatic heterocycles. The number of carbonyl (C=O) groups excluding carboxylic acids is 3. The number of Topliss-reactive ketones (excluding diaryl/α,β-unsaturated/α-hetero) is 3. The van der Waals surface area contributed by atoms with Gasteiger partial charge >= 0.3 is 0 Å². The molecule has 16 heavy (non-hydrogen) atoms. The third-order valence-electron chi connectivity index (χ3n) is 3.34. The molecule has 1 unspecified atom stereocenters. The summed E-state index contributed by atoms with van der Waals surface area (Å²) in [6.07, 6.45) is 2.61. The number of carbonyl (C=O) groups is 3. The molecule has 0 aromatic carbocycles. The van der Waals surface area contributed by atoms with Gasteiger partial charge in [-0.15, -0.1) is 0 Å². The zero-order valence-electron chi connectivity index (χ0n) is 9.36. The molecule has 0 N–H and O–H groups in total. The summed E-state index contributed by atoms with van der Waals surface area (Å²) in [6.45, 7) is 3.08. The summed E-state index contributed by atoms with van der Waals surface area (Å²) in [5, 5.41) is 0. The average molecular weight is 222 g/mol. The van der Waals surface area contributed by atoms with E-state index in [2.05, 4.69) is 0 Å². The van der Waals surface area contributed by atoms with Crippen LogP contribution in [0.1, 0.15) is 26.7 Å². The molecule has 2 rings (SSSR count). The maximum atomic E-state index is 12.0. The summed E-state index contributed by atoms with van der Waals surface area (Å²) in [5.74, 6) is -0.443. The van der Waals surface area contributed by atoms with Crippen LogP contribution in [0.5, 0.6) is 0 Å². The molecular formula is C12H14O4. The molecule has 0 saturated carbocycles. The number of rotatable bonds is 3. The summed E-state index contributed by atoms with van der Waals surface area (Å²) in [4.78, 5) is 35.0. The minimum Gasteiger partial charge on any atom is -0.351 e. The summed E-state index contributed by atoms with van der Waals surface area (Å²) in [5.41, 5.74) is -1.05. The lowest BCUT2D eigenvalue weighted by Gasteiger charge is -2.34. The normalized spacial score (nSPS) is 36.9. The van der Waals surface area contributed by atoms with Crippen LogP contribution < -0.4 is 0 Å². The molecule has 0 aromatic rings. The topological polar surface area (TPSA) is 60.4 Å². The summed E-state index contributed by atoms with van der Waals surface area (Å²) >= 11 is 0. The highest BCUT2D eigenvalue weighted by Gasteiger charge is 2.53. The standard InChI is InChI=1S/C12H14O4/c1-7(13)5-6-12(2)10(14)8-3-4-9(16-8)11(12)15/h3-4,8-9H,5-6H2,1-2H3/t8-,9+,12?. The third-order valence-corrected chi connectivity index (χ3v) is 3.34. The van der Waals surface area contributed by atoms with Crippen LogP contribution >= 0.6 is 0 Å². The van der Waals surface area contributed by atoms with Crippen LogP contribution in [0.15, 0.2) is 12.2 Å². The molecule has 0 amide bonds. The maximum absolute atomic E-state index is 12.0. The number of ether oxygens (including phenoxy) is 1. The molecule has 1 fully saturated rings. The van der Waals surface area contributed by atoms with Gasteiger partial charge in [0.2, 0.25) is 0 Å². The predicted molar refractivity (Wildman–Crippen MR) is 55.8 cm³/mol. The van der Waals surface area contributed by atoms with Gasteiger partial charge in [-0.25, -0.2) is 0 Å². The Morgan fingerprint density at radius 1 is 1.31 bits per heavy atom. The van der Waals surface area contributed by atoms with Gasteiger partial charge in [-0.05, 0) is 32.4 Å². The van der Waals surface area contributed by atoms with Crippen molar-refractivity contribution in [3.8, 4) is 0 Å². The van der Waals surface area contributed by atoms with Gasteiger partial charge in [0.1, 0.15) is 18.0 Å². The number of hydrogen-bond acceptors (Lipinski definition) is 4. The van der Waals surface area contributed by atoms with E-state index in [1.807, 2.05) is 0 Å². The Morgan fingerprint density at radius 2 is 1.81 bits per heavy atom. The fourth-order valence-electron chi connectivity index (χ4n) is 2.17. The Balaban J connectivity index is 2.23. The summed E-state index contributed by atoms with van der Waals surface area (Å²) in [7, 11) is 0. The molecule has 0 radical (unpaired) electrons. The van der Waals surface area contributed by atoms with Crippen molar-refractivity contribution in [1.29, 1.82) is 0 Å². The van der Waals surface area contributed by atoms with Crippen molar-refractivity contribution in [2.75, 3.05) is 0 Å². The van der Waals surface area contributed by atoms with Crippen molar-refractivity contribution in [1.82, 2.24) is 0 Å². The van der Waals surface area contributed by atoms with E-state index >= 15 is 0 Å². The highest BCUT2D eigenvalue weighted by atomic mass is 16.5. The van der Waals surface area contributed by atoms with Gasteiger partial charge in [-0.2, -0.15) is 0 Å². The maximum Gasteiger partial charge on any atom is 0.178 e. The SMILES string of the molecule is CC(=O)CCC1(C)C(=O)[C@@H]2C=C[C@@H](O2)C1=O. The van der Waals surface area contributed by atoms with Crippen molar-refractivity contribution in [3.63, 3.8) is 0 Å². The van der Waals surface area contributed by atoms with E-state index in [1.54, 1.807) is 19.1 Å². The molecule has 2 bridgehead atoms. The predicted octanol–water partition coefficient (Wildman–Crippen LogP) is 0.837. The second-order valence-electron chi connectivity index (χ2n) is 4.62. The van der Waals surface area contributed by atoms with Gasteiger partial charge in [0.05, 0.1) is 5.41 Å². The molecule has 2 heterocycles. The highest BCUT2D eigenvalue weighted by Crippen LogP contribution is 2.38. The molecule has 1 saturated heterocycles. The van der Waals surface area contributed by atoms with Crippen molar-refractivity contribution < 1.29 is 19.1 Å². The van der Waals surface area contributed by atoms with Crippen molar-refractivity contribution in [2.45, 2.75) is 38.9 Å². The number of fused-ring (bicyclic) bond motifs is 2. The summed E-state index contributed by atoms with van der Waals surface area (Å²) in [6, 6.07) is 0. The Hall–Kier alpha value is -1.29. The lowest BCUT2D eigenvalue weighted by atomic mass is 9.73. The van der Waals surface area contributed by atoms with Crippen LogP contribution in [0.25, 0.3) is 0 Å². The summed E-state index contributed by atoms with van der Waals surface area (Å²) < 4.78 is 5.23. The largest absolute Gasteiger partial charge is 0.351 e. The number of hydrogen-bond donors (Lipinski definition) is 0. The molecule has 2 aliphatic rings. The Bertz CT molecular complexity index is 370. The fourth-order valence-corrected chi connectivity index (χ4v) is 2.17. The first-order valence-electron chi connectivity index (χ1n) is 5.37. The van der Waals surface area contributed by atoms with Crippen LogP contribution in [0.2, 0.25) is 0 Å². The molecule has 0 aromatic heterocycles. The van der Waals surface area contributed by atoms with Crippen LogP contribution in [0.3, 0.4) is 0 Å². The lowest BCUT2D eigenvalue weighted by Crippen LogP contribution is -2.51. The van der Waals surface area contributed by atoms with Gasteiger partial charge in [0.15, 0.2) is 11.6 Å². The Morgan fingerprint density at radius 3 is 2.25 bits per heavy atom. The second kappa shape index (κ2) is 3.63. The molecule has 3 atom stereocenters. The van der Waals surface area contributed by atoms with Gasteiger partial charge in [-0.1, -0.05) is 0 Å². The third kappa shape index (κ3) is 1.53. The minimum atomic E-state index is -1.05. The average Bonchev–Trinajstić information content (AvgIpc) is 2.69. The van der Waals surface area contributed by atoms with Gasteiger partial charge in [0, 0.05) is 6.42 Å². The molecule has 4 nitrogen and oxygen atoms in total. The molecule has 0 spiro atoms. The monoisotopic (exact) mass is 222 g/mol. The Kier molecular flexibility index (Phi) is 2.54. The van der Waals surface area contributed by atoms with Crippen molar-refractivity contribution >= 4 is 17.3 Å². The lowest BCUT2D eigenvalue weighted by molar-refractivity contribution is -0.161. The van der Waals surface area contributed by atoms with Crippen molar-refractivity contribution in [2.24, 2.45) is 5.41 Å². The van der Waals surface area contributed by atoms with Gasteiger partial charge < -0.3 is 9.53 Å². The van der Waals surface area contributed by atoms with Crippen molar-refractivity contribution in [3.05, 3.63) is 12.2 Å². The second-order valence-corrected chi connectivity index (χ2v) is 4.62. The van der Waals surface area contributed by atoms with Gasteiger partial charge in [0.25, 0.3) is 0 Å². The fraction of sp³-hybridized carbons (Fsp3) is 0.583. The van der Waals surface area contributed by atoms with Gasteiger partial charge in [-0.3, -0.25) is 9.59 Å². The molecule has 4 heteroatoms.